The highest BCUT2D eigenvalue weighted by Gasteiger charge is 2.28. The highest BCUT2D eigenvalue weighted by Crippen LogP contribution is 2.25. The number of nitrogens with one attached hydrogen (secondary N) is 1. The molecule has 33 heavy (non-hydrogen) atoms. The molecule has 1 aliphatic heterocycles. The normalized spacial score (nSPS) is 18.5. The predicted molar refractivity (Wildman–Crippen MR) is 124 cm³/mol. The largest absolute Gasteiger partial charge is 0.339 e. The van der Waals surface area contributed by atoms with Gasteiger partial charge in [-0.25, -0.2) is 13.1 Å². The fourth-order valence-corrected chi connectivity index (χ4v) is 5.92. The van der Waals surface area contributed by atoms with Gasteiger partial charge in [0, 0.05) is 44.2 Å². The molecule has 0 unspecified atom stereocenters. The van der Waals surface area contributed by atoms with Crippen molar-refractivity contribution in [1.82, 2.24) is 24.7 Å². The molecule has 0 atom stereocenters. The molecule has 180 valence electrons. The molecule has 1 saturated carbocycles. The second kappa shape index (κ2) is 10.3. The lowest BCUT2D eigenvalue weighted by Crippen LogP contribution is -2.54. The van der Waals surface area contributed by atoms with Gasteiger partial charge in [-0.05, 0) is 31.4 Å². The fraction of sp³-hybridized carbons (Fsp3) is 0.609. The van der Waals surface area contributed by atoms with Crippen LogP contribution in [0.5, 0.6) is 0 Å². The number of aromatic nitrogens is 2. The Labute approximate surface area is 195 Å². The number of sulfonamides is 1. The van der Waals surface area contributed by atoms with Crippen molar-refractivity contribution in [2.24, 2.45) is 0 Å². The molecule has 2 aliphatic rings. The van der Waals surface area contributed by atoms with E-state index >= 15 is 0 Å². The van der Waals surface area contributed by atoms with Gasteiger partial charge in [0.2, 0.25) is 27.6 Å². The lowest BCUT2D eigenvalue weighted by molar-refractivity contribution is -0.132. The number of hydrogen-bond acceptors (Lipinski definition) is 7. The molecule has 2 heterocycles. The summed E-state index contributed by atoms with van der Waals surface area (Å²) in [5.41, 5.74) is 1.13. The van der Waals surface area contributed by atoms with E-state index in [1.54, 1.807) is 24.0 Å². The van der Waals surface area contributed by atoms with Crippen LogP contribution in [0, 0.1) is 6.92 Å². The molecule has 1 aromatic carbocycles. The molecule has 0 radical (unpaired) electrons. The number of amides is 1. The van der Waals surface area contributed by atoms with Crippen molar-refractivity contribution in [3.63, 3.8) is 0 Å². The van der Waals surface area contributed by atoms with Crippen molar-refractivity contribution in [2.75, 3.05) is 32.7 Å². The van der Waals surface area contributed by atoms with Gasteiger partial charge in [0.05, 0.1) is 11.4 Å². The monoisotopic (exact) mass is 475 g/mol. The Bertz CT molecular complexity index is 1070. The minimum absolute atomic E-state index is 0.109. The summed E-state index contributed by atoms with van der Waals surface area (Å²) in [5.74, 6) is 0.638. The highest BCUT2D eigenvalue weighted by atomic mass is 32.2. The maximum Gasteiger partial charge on any atom is 0.241 e. The van der Waals surface area contributed by atoms with E-state index in [0.717, 1.165) is 13.1 Å². The topological polar surface area (TPSA) is 109 Å². The van der Waals surface area contributed by atoms with Crippen molar-refractivity contribution in [2.45, 2.75) is 63.3 Å². The summed E-state index contributed by atoms with van der Waals surface area (Å²) < 4.78 is 33.6. The van der Waals surface area contributed by atoms with Gasteiger partial charge in [0.25, 0.3) is 0 Å². The Morgan fingerprint density at radius 2 is 1.88 bits per heavy atom. The molecule has 10 heteroatoms. The van der Waals surface area contributed by atoms with E-state index in [0.29, 0.717) is 48.4 Å². The van der Waals surface area contributed by atoms with E-state index in [1.165, 1.54) is 38.2 Å². The summed E-state index contributed by atoms with van der Waals surface area (Å²) in [4.78, 5) is 21.3. The molecular weight excluding hydrogens is 442 g/mol. The van der Waals surface area contributed by atoms with Crippen molar-refractivity contribution < 1.29 is 17.7 Å². The molecule has 2 aromatic rings. The van der Waals surface area contributed by atoms with Crippen molar-refractivity contribution in [3.8, 4) is 11.4 Å². The number of benzene rings is 1. The second-order valence-electron chi connectivity index (χ2n) is 8.88. The molecule has 1 amide bonds. The Kier molecular flexibility index (Phi) is 7.45. The van der Waals surface area contributed by atoms with Crippen LogP contribution < -0.4 is 4.72 Å². The lowest BCUT2D eigenvalue weighted by atomic mass is 9.94. The van der Waals surface area contributed by atoms with E-state index in [-0.39, 0.29) is 17.3 Å². The van der Waals surface area contributed by atoms with Crippen LogP contribution in [0.1, 0.15) is 50.5 Å². The molecule has 1 saturated heterocycles. The van der Waals surface area contributed by atoms with Gasteiger partial charge < -0.3 is 9.42 Å². The van der Waals surface area contributed by atoms with E-state index in [9.17, 15) is 13.2 Å². The molecule has 0 spiro atoms. The lowest BCUT2D eigenvalue weighted by Gasteiger charge is -2.40. The van der Waals surface area contributed by atoms with E-state index in [4.69, 9.17) is 4.52 Å². The number of rotatable bonds is 7. The van der Waals surface area contributed by atoms with E-state index in [1.807, 2.05) is 6.92 Å². The zero-order valence-electron chi connectivity index (χ0n) is 19.4. The summed E-state index contributed by atoms with van der Waals surface area (Å²) in [5, 5.41) is 3.92. The van der Waals surface area contributed by atoms with Gasteiger partial charge >= 0.3 is 0 Å². The summed E-state index contributed by atoms with van der Waals surface area (Å²) in [6.45, 7) is 6.37. The number of carbonyl (C=O) groups is 1. The van der Waals surface area contributed by atoms with E-state index < -0.39 is 10.0 Å². The van der Waals surface area contributed by atoms with Crippen LogP contribution in [0.25, 0.3) is 11.4 Å². The minimum atomic E-state index is -3.88. The smallest absolute Gasteiger partial charge is 0.241 e. The van der Waals surface area contributed by atoms with Gasteiger partial charge in [-0.1, -0.05) is 43.5 Å². The zero-order valence-corrected chi connectivity index (χ0v) is 20.2. The SMILES string of the molecule is CCc1nc(-c2ccc(C)c(S(=O)(=O)NCC(=O)N3CCN(C4CCCCC4)CC3)c2)no1. The van der Waals surface area contributed by atoms with Crippen molar-refractivity contribution in [3.05, 3.63) is 29.7 Å². The van der Waals surface area contributed by atoms with Crippen LogP contribution in [-0.4, -0.2) is 73.0 Å². The standard InChI is InChI=1S/C23H33N5O4S/c1-3-21-25-23(26-32-21)18-10-9-17(2)20(15-18)33(30,31)24-16-22(29)28-13-11-27(12-14-28)19-7-5-4-6-8-19/h9-10,15,19,24H,3-8,11-14,16H2,1-2H3. The van der Waals surface area contributed by atoms with Gasteiger partial charge in [-0.3, -0.25) is 9.69 Å². The fourth-order valence-electron chi connectivity index (χ4n) is 4.67. The van der Waals surface area contributed by atoms with Gasteiger partial charge in [-0.2, -0.15) is 4.98 Å². The Balaban J connectivity index is 1.36. The Hall–Kier alpha value is -2.30. The molecule has 4 rings (SSSR count). The maximum atomic E-state index is 13.0. The zero-order chi connectivity index (χ0) is 23.4. The highest BCUT2D eigenvalue weighted by molar-refractivity contribution is 7.89. The molecule has 9 nitrogen and oxygen atoms in total. The first-order valence-corrected chi connectivity index (χ1v) is 13.3. The van der Waals surface area contributed by atoms with E-state index in [2.05, 4.69) is 19.8 Å². The maximum absolute atomic E-state index is 13.0. The van der Waals surface area contributed by atoms with Crippen molar-refractivity contribution >= 4 is 15.9 Å². The average Bonchev–Trinajstić information content (AvgIpc) is 3.33. The molecule has 1 aromatic heterocycles. The molecule has 2 fully saturated rings. The number of carbonyl (C=O) groups excluding carboxylic acids is 1. The first-order valence-electron chi connectivity index (χ1n) is 11.8. The van der Waals surface area contributed by atoms with Gasteiger partial charge in [0.1, 0.15) is 0 Å². The summed E-state index contributed by atoms with van der Waals surface area (Å²) in [6, 6.07) is 5.63. The van der Waals surface area contributed by atoms with Crippen LogP contribution in [0.4, 0.5) is 0 Å². The van der Waals surface area contributed by atoms with Crippen LogP contribution in [0.15, 0.2) is 27.6 Å². The quantitative estimate of drug-likeness (QED) is 0.655. The van der Waals surface area contributed by atoms with Crippen LogP contribution in [0.2, 0.25) is 0 Å². The first-order chi connectivity index (χ1) is 15.9. The van der Waals surface area contributed by atoms with Gasteiger partial charge in [-0.15, -0.1) is 0 Å². The predicted octanol–water partition coefficient (Wildman–Crippen LogP) is 2.36. The van der Waals surface area contributed by atoms with Crippen LogP contribution in [0.3, 0.4) is 0 Å². The summed E-state index contributed by atoms with van der Waals surface area (Å²) >= 11 is 0. The number of aryl methyl sites for hydroxylation is 2. The molecular formula is C23H33N5O4S. The minimum Gasteiger partial charge on any atom is -0.339 e. The van der Waals surface area contributed by atoms with Crippen LogP contribution >= 0.6 is 0 Å². The third kappa shape index (κ3) is 5.62. The van der Waals surface area contributed by atoms with Crippen molar-refractivity contribution in [1.29, 1.82) is 0 Å². The Morgan fingerprint density at radius 1 is 1.15 bits per heavy atom. The summed E-state index contributed by atoms with van der Waals surface area (Å²) in [6.07, 6.45) is 7.00. The molecule has 1 aliphatic carbocycles. The summed E-state index contributed by atoms with van der Waals surface area (Å²) in [7, 11) is -3.88. The van der Waals surface area contributed by atoms with Gasteiger partial charge in [0.15, 0.2) is 0 Å². The first kappa shape index (κ1) is 23.8. The molecule has 1 N–H and O–H groups in total. The van der Waals surface area contributed by atoms with Crippen LogP contribution in [-0.2, 0) is 21.2 Å². The Morgan fingerprint density at radius 3 is 2.55 bits per heavy atom. The third-order valence-corrected chi connectivity index (χ3v) is 8.22. The number of nitrogens with zero attached hydrogens (tertiary/aromatic N) is 4. The molecule has 0 bridgehead atoms. The number of hydrogen-bond donors (Lipinski definition) is 1. The second-order valence-corrected chi connectivity index (χ2v) is 10.6. The average molecular weight is 476 g/mol. The third-order valence-electron chi connectivity index (χ3n) is 6.68. The number of piperazine rings is 1.